The van der Waals surface area contributed by atoms with Gasteiger partial charge in [0.2, 0.25) is 5.91 Å². The SMILES string of the molecule is C=CCN(Cc1cccn1Cc1ccccc1C)C(=O)Cc1cccs1. The van der Waals surface area contributed by atoms with E-state index in [-0.39, 0.29) is 5.91 Å². The lowest BCUT2D eigenvalue weighted by Gasteiger charge is -2.22. The van der Waals surface area contributed by atoms with Crippen LogP contribution in [0.25, 0.3) is 0 Å². The molecule has 0 atom stereocenters. The van der Waals surface area contributed by atoms with Gasteiger partial charge in [0.1, 0.15) is 0 Å². The van der Waals surface area contributed by atoms with Crippen LogP contribution in [0.1, 0.15) is 21.7 Å². The number of carbonyl (C=O) groups excluding carboxylic acids is 1. The van der Waals surface area contributed by atoms with Gasteiger partial charge in [-0.3, -0.25) is 4.79 Å². The van der Waals surface area contributed by atoms with E-state index in [0.29, 0.717) is 19.5 Å². The van der Waals surface area contributed by atoms with E-state index in [9.17, 15) is 4.79 Å². The minimum atomic E-state index is 0.135. The smallest absolute Gasteiger partial charge is 0.228 e. The number of benzene rings is 1. The Morgan fingerprint density at radius 2 is 2.04 bits per heavy atom. The summed E-state index contributed by atoms with van der Waals surface area (Å²) in [6, 6.07) is 16.5. The molecule has 0 radical (unpaired) electrons. The van der Waals surface area contributed by atoms with Crippen LogP contribution in [0.15, 0.2) is 72.8 Å². The summed E-state index contributed by atoms with van der Waals surface area (Å²) in [5.41, 5.74) is 3.71. The highest BCUT2D eigenvalue weighted by atomic mass is 32.1. The van der Waals surface area contributed by atoms with Crippen LogP contribution < -0.4 is 0 Å². The highest BCUT2D eigenvalue weighted by Gasteiger charge is 2.16. The highest BCUT2D eigenvalue weighted by Crippen LogP contribution is 2.15. The van der Waals surface area contributed by atoms with Crippen LogP contribution in [0, 0.1) is 6.92 Å². The molecule has 3 aromatic rings. The van der Waals surface area contributed by atoms with Crippen LogP contribution in [-0.2, 0) is 24.3 Å². The summed E-state index contributed by atoms with van der Waals surface area (Å²) in [6.45, 7) is 7.91. The molecule has 0 aliphatic rings. The van der Waals surface area contributed by atoms with Gasteiger partial charge in [-0.05, 0) is 41.6 Å². The summed E-state index contributed by atoms with van der Waals surface area (Å²) < 4.78 is 2.22. The summed E-state index contributed by atoms with van der Waals surface area (Å²) in [6.07, 6.45) is 4.32. The molecule has 1 aromatic carbocycles. The van der Waals surface area contributed by atoms with Crippen LogP contribution in [-0.4, -0.2) is 21.9 Å². The van der Waals surface area contributed by atoms with Crippen molar-refractivity contribution in [2.75, 3.05) is 6.54 Å². The van der Waals surface area contributed by atoms with Crippen molar-refractivity contribution >= 4 is 17.2 Å². The second kappa shape index (κ2) is 8.68. The van der Waals surface area contributed by atoms with Crippen LogP contribution in [0.4, 0.5) is 0 Å². The molecule has 0 saturated carbocycles. The largest absolute Gasteiger partial charge is 0.345 e. The van der Waals surface area contributed by atoms with E-state index < -0.39 is 0 Å². The predicted octanol–water partition coefficient (Wildman–Crippen LogP) is 4.66. The summed E-state index contributed by atoms with van der Waals surface area (Å²) in [5.74, 6) is 0.135. The maximum Gasteiger partial charge on any atom is 0.228 e. The molecule has 0 aliphatic heterocycles. The maximum absolute atomic E-state index is 12.7. The van der Waals surface area contributed by atoms with E-state index >= 15 is 0 Å². The highest BCUT2D eigenvalue weighted by molar-refractivity contribution is 7.10. The van der Waals surface area contributed by atoms with Gasteiger partial charge in [-0.2, -0.15) is 0 Å². The van der Waals surface area contributed by atoms with Gasteiger partial charge in [0.05, 0.1) is 13.0 Å². The lowest BCUT2D eigenvalue weighted by molar-refractivity contribution is -0.130. The summed E-state index contributed by atoms with van der Waals surface area (Å²) in [7, 11) is 0. The van der Waals surface area contributed by atoms with Crippen molar-refractivity contribution in [2.45, 2.75) is 26.4 Å². The summed E-state index contributed by atoms with van der Waals surface area (Å²) >= 11 is 1.62. The number of carbonyl (C=O) groups is 1. The molecule has 1 amide bonds. The van der Waals surface area contributed by atoms with E-state index in [1.807, 2.05) is 28.5 Å². The van der Waals surface area contributed by atoms with Gasteiger partial charge >= 0.3 is 0 Å². The van der Waals surface area contributed by atoms with E-state index in [1.165, 1.54) is 11.1 Å². The van der Waals surface area contributed by atoms with Gasteiger partial charge in [0, 0.05) is 29.9 Å². The molecule has 0 spiro atoms. The monoisotopic (exact) mass is 364 g/mol. The molecule has 2 aromatic heterocycles. The van der Waals surface area contributed by atoms with Crippen LogP contribution in [0.5, 0.6) is 0 Å². The minimum Gasteiger partial charge on any atom is -0.345 e. The average molecular weight is 365 g/mol. The molecule has 26 heavy (non-hydrogen) atoms. The normalized spacial score (nSPS) is 10.7. The number of aryl methyl sites for hydroxylation is 1. The van der Waals surface area contributed by atoms with E-state index in [2.05, 4.69) is 54.6 Å². The molecule has 4 heteroatoms. The maximum atomic E-state index is 12.7. The first kappa shape index (κ1) is 18.2. The average Bonchev–Trinajstić information content (AvgIpc) is 3.29. The van der Waals surface area contributed by atoms with Crippen molar-refractivity contribution in [1.29, 1.82) is 0 Å². The quantitative estimate of drug-likeness (QED) is 0.534. The Morgan fingerprint density at radius 3 is 2.77 bits per heavy atom. The Labute approximate surface area is 159 Å². The zero-order chi connectivity index (χ0) is 18.4. The molecule has 0 fully saturated rings. The molecule has 134 valence electrons. The molecule has 0 N–H and O–H groups in total. The third-order valence-electron chi connectivity index (χ3n) is 4.49. The van der Waals surface area contributed by atoms with Crippen molar-refractivity contribution in [1.82, 2.24) is 9.47 Å². The predicted molar refractivity (Wildman–Crippen MR) is 108 cm³/mol. The van der Waals surface area contributed by atoms with Crippen molar-refractivity contribution in [2.24, 2.45) is 0 Å². The Morgan fingerprint density at radius 1 is 1.19 bits per heavy atom. The van der Waals surface area contributed by atoms with Crippen molar-refractivity contribution < 1.29 is 4.79 Å². The first-order chi connectivity index (χ1) is 12.7. The molecular weight excluding hydrogens is 340 g/mol. The molecular formula is C22H24N2OS. The zero-order valence-electron chi connectivity index (χ0n) is 15.1. The van der Waals surface area contributed by atoms with E-state index in [1.54, 1.807) is 17.4 Å². The van der Waals surface area contributed by atoms with Crippen LogP contribution in [0.3, 0.4) is 0 Å². The summed E-state index contributed by atoms with van der Waals surface area (Å²) in [5, 5.41) is 2.01. The molecule has 0 aliphatic carbocycles. The van der Waals surface area contributed by atoms with Crippen LogP contribution >= 0.6 is 11.3 Å². The molecule has 2 heterocycles. The first-order valence-electron chi connectivity index (χ1n) is 8.77. The van der Waals surface area contributed by atoms with Crippen molar-refractivity contribution in [3.63, 3.8) is 0 Å². The fourth-order valence-corrected chi connectivity index (χ4v) is 3.69. The first-order valence-corrected chi connectivity index (χ1v) is 9.65. The zero-order valence-corrected chi connectivity index (χ0v) is 15.9. The molecule has 0 unspecified atom stereocenters. The van der Waals surface area contributed by atoms with Gasteiger partial charge in [0.25, 0.3) is 0 Å². The third-order valence-corrected chi connectivity index (χ3v) is 5.36. The molecule has 0 bridgehead atoms. The van der Waals surface area contributed by atoms with Gasteiger partial charge < -0.3 is 9.47 Å². The number of nitrogens with zero attached hydrogens (tertiary/aromatic N) is 2. The Kier molecular flexibility index (Phi) is 6.08. The molecule has 0 saturated heterocycles. The van der Waals surface area contributed by atoms with Gasteiger partial charge in [-0.25, -0.2) is 0 Å². The van der Waals surface area contributed by atoms with Gasteiger partial charge in [-0.1, -0.05) is 36.4 Å². The van der Waals surface area contributed by atoms with Gasteiger partial charge in [-0.15, -0.1) is 17.9 Å². The third kappa shape index (κ3) is 4.52. The number of amides is 1. The minimum absolute atomic E-state index is 0.135. The topological polar surface area (TPSA) is 25.2 Å². The van der Waals surface area contributed by atoms with Crippen LogP contribution in [0.2, 0.25) is 0 Å². The second-order valence-corrected chi connectivity index (χ2v) is 7.41. The number of thiophene rings is 1. The fraction of sp³-hybridized carbons (Fsp3) is 0.227. The lowest BCUT2D eigenvalue weighted by atomic mass is 10.1. The molecule has 3 nitrogen and oxygen atoms in total. The Bertz CT molecular complexity index is 864. The Balaban J connectivity index is 1.73. The Hall–Kier alpha value is -2.59. The van der Waals surface area contributed by atoms with Gasteiger partial charge in [0.15, 0.2) is 0 Å². The number of rotatable bonds is 8. The number of hydrogen-bond donors (Lipinski definition) is 0. The van der Waals surface area contributed by atoms with Crippen molar-refractivity contribution in [3.05, 3.63) is 94.5 Å². The summed E-state index contributed by atoms with van der Waals surface area (Å²) in [4.78, 5) is 15.7. The fourth-order valence-electron chi connectivity index (χ4n) is 3.00. The number of aromatic nitrogens is 1. The molecule has 3 rings (SSSR count). The van der Waals surface area contributed by atoms with E-state index in [0.717, 1.165) is 17.1 Å². The second-order valence-electron chi connectivity index (χ2n) is 6.37. The van der Waals surface area contributed by atoms with Crippen molar-refractivity contribution in [3.8, 4) is 0 Å². The standard InChI is InChI=1S/C22H24N2OS/c1-3-12-24(22(25)15-21-11-7-14-26-21)17-20-10-6-13-23(20)16-19-9-5-4-8-18(19)2/h3-11,13-14H,1,12,15-17H2,2H3. The number of hydrogen-bond acceptors (Lipinski definition) is 2. The van der Waals surface area contributed by atoms with E-state index in [4.69, 9.17) is 0 Å². The lowest BCUT2D eigenvalue weighted by Crippen LogP contribution is -2.32.